The van der Waals surface area contributed by atoms with E-state index in [1.54, 1.807) is 30.5 Å². The molecule has 0 spiro atoms. The molecule has 3 aromatic rings. The van der Waals surface area contributed by atoms with Crippen LogP contribution in [0.4, 0.5) is 17.3 Å². The van der Waals surface area contributed by atoms with Crippen molar-refractivity contribution >= 4 is 23.0 Å². The smallest absolute Gasteiger partial charge is 0.376 e. The standard InChI is InChI=1S/C18H18N6O4/c25-18-15(24(26)27)16(21-14-5-1-2-7-23(14)18)20-12-13-4-3-6-19-17(13)22-8-10-28-11-9-22/h1-7,20H,8-12H2. The van der Waals surface area contributed by atoms with E-state index in [2.05, 4.69) is 20.2 Å². The fraction of sp³-hybridized carbons (Fsp3) is 0.278. The van der Waals surface area contributed by atoms with Crippen LogP contribution in [0, 0.1) is 10.1 Å². The number of nitrogens with one attached hydrogen (secondary N) is 1. The van der Waals surface area contributed by atoms with Gasteiger partial charge in [-0.3, -0.25) is 19.3 Å². The molecule has 28 heavy (non-hydrogen) atoms. The van der Waals surface area contributed by atoms with E-state index in [1.807, 2.05) is 6.07 Å². The largest absolute Gasteiger partial charge is 0.378 e. The first-order valence-electron chi connectivity index (χ1n) is 8.81. The zero-order chi connectivity index (χ0) is 19.5. The molecule has 1 fully saturated rings. The van der Waals surface area contributed by atoms with Crippen molar-refractivity contribution in [1.82, 2.24) is 14.4 Å². The van der Waals surface area contributed by atoms with Crippen LogP contribution in [0.1, 0.15) is 5.56 Å². The third kappa shape index (κ3) is 3.37. The number of rotatable bonds is 5. The summed E-state index contributed by atoms with van der Waals surface area (Å²) in [5.74, 6) is 0.733. The Balaban J connectivity index is 1.67. The Bertz CT molecular complexity index is 1080. The molecule has 4 rings (SSSR count). The van der Waals surface area contributed by atoms with Crippen molar-refractivity contribution in [3.05, 3.63) is 68.8 Å². The fourth-order valence-corrected chi connectivity index (χ4v) is 3.17. The third-order valence-electron chi connectivity index (χ3n) is 4.52. The molecule has 0 bridgehead atoms. The molecule has 144 valence electrons. The van der Waals surface area contributed by atoms with Crippen LogP contribution in [0.3, 0.4) is 0 Å². The second-order valence-electron chi connectivity index (χ2n) is 6.24. The van der Waals surface area contributed by atoms with Crippen molar-refractivity contribution in [2.75, 3.05) is 36.5 Å². The number of hydrogen-bond acceptors (Lipinski definition) is 8. The summed E-state index contributed by atoms with van der Waals surface area (Å²) in [6.45, 7) is 2.94. The lowest BCUT2D eigenvalue weighted by molar-refractivity contribution is -0.385. The van der Waals surface area contributed by atoms with Crippen molar-refractivity contribution < 1.29 is 9.66 Å². The zero-order valence-electron chi connectivity index (χ0n) is 14.9. The van der Waals surface area contributed by atoms with Gasteiger partial charge in [0.2, 0.25) is 5.82 Å². The molecule has 0 aromatic carbocycles. The molecule has 1 aliphatic rings. The maximum atomic E-state index is 12.5. The van der Waals surface area contributed by atoms with Crippen LogP contribution in [0.15, 0.2) is 47.5 Å². The molecule has 0 amide bonds. The SMILES string of the molecule is O=c1c([N+](=O)[O-])c(NCc2cccnc2N2CCOCC2)nc2ccccn12. The van der Waals surface area contributed by atoms with Crippen LogP contribution in [0.5, 0.6) is 0 Å². The van der Waals surface area contributed by atoms with Crippen LogP contribution >= 0.6 is 0 Å². The van der Waals surface area contributed by atoms with Gasteiger partial charge >= 0.3 is 11.2 Å². The van der Waals surface area contributed by atoms with E-state index in [9.17, 15) is 14.9 Å². The average Bonchev–Trinajstić information content (AvgIpc) is 2.73. The Labute approximate surface area is 159 Å². The van der Waals surface area contributed by atoms with Crippen molar-refractivity contribution in [2.45, 2.75) is 6.54 Å². The van der Waals surface area contributed by atoms with Gasteiger partial charge in [0.05, 0.1) is 18.1 Å². The maximum absolute atomic E-state index is 12.5. The van der Waals surface area contributed by atoms with E-state index in [0.717, 1.165) is 28.9 Å². The van der Waals surface area contributed by atoms with Gasteiger partial charge in [0.15, 0.2) is 0 Å². The summed E-state index contributed by atoms with van der Waals surface area (Å²) >= 11 is 0. The summed E-state index contributed by atoms with van der Waals surface area (Å²) < 4.78 is 6.54. The van der Waals surface area contributed by atoms with Crippen LogP contribution in [-0.4, -0.2) is 45.6 Å². The summed E-state index contributed by atoms with van der Waals surface area (Å²) in [4.78, 5) is 34.1. The van der Waals surface area contributed by atoms with E-state index in [4.69, 9.17) is 4.74 Å². The first kappa shape index (κ1) is 17.9. The van der Waals surface area contributed by atoms with Gasteiger partial charge in [-0.1, -0.05) is 12.1 Å². The van der Waals surface area contributed by atoms with Crippen LogP contribution < -0.4 is 15.8 Å². The molecule has 1 saturated heterocycles. The second kappa shape index (κ2) is 7.61. The minimum Gasteiger partial charge on any atom is -0.378 e. The number of fused-ring (bicyclic) bond motifs is 1. The summed E-state index contributed by atoms with van der Waals surface area (Å²) in [5.41, 5.74) is -0.118. The minimum atomic E-state index is -0.724. The molecule has 10 nitrogen and oxygen atoms in total. The van der Waals surface area contributed by atoms with Gasteiger partial charge in [-0.15, -0.1) is 0 Å². The third-order valence-corrected chi connectivity index (χ3v) is 4.52. The molecule has 0 saturated carbocycles. The first-order valence-corrected chi connectivity index (χ1v) is 8.81. The molecule has 3 aromatic heterocycles. The number of morpholine rings is 1. The molecular formula is C18H18N6O4. The number of pyridine rings is 2. The quantitative estimate of drug-likeness (QED) is 0.521. The van der Waals surface area contributed by atoms with Gasteiger partial charge in [-0.25, -0.2) is 9.97 Å². The number of hydrogen-bond donors (Lipinski definition) is 1. The summed E-state index contributed by atoms with van der Waals surface area (Å²) in [6, 6.07) is 8.66. The topological polar surface area (TPSA) is 115 Å². The highest BCUT2D eigenvalue weighted by Gasteiger charge is 2.24. The summed E-state index contributed by atoms with van der Waals surface area (Å²) in [5, 5.41) is 14.4. The number of nitro groups is 1. The Morgan fingerprint density at radius 2 is 2.04 bits per heavy atom. The highest BCUT2D eigenvalue weighted by atomic mass is 16.6. The molecule has 0 radical (unpaired) electrons. The molecule has 1 aliphatic heterocycles. The molecular weight excluding hydrogens is 364 g/mol. The van der Waals surface area contributed by atoms with E-state index in [0.29, 0.717) is 18.9 Å². The van der Waals surface area contributed by atoms with Gasteiger partial charge in [0.1, 0.15) is 11.5 Å². The van der Waals surface area contributed by atoms with Crippen molar-refractivity contribution in [3.8, 4) is 0 Å². The number of anilines is 2. The van der Waals surface area contributed by atoms with Crippen molar-refractivity contribution in [2.24, 2.45) is 0 Å². The predicted molar refractivity (Wildman–Crippen MR) is 103 cm³/mol. The predicted octanol–water partition coefficient (Wildman–Crippen LogP) is 1.45. The van der Waals surface area contributed by atoms with Crippen LogP contribution in [-0.2, 0) is 11.3 Å². The zero-order valence-corrected chi connectivity index (χ0v) is 14.9. The van der Waals surface area contributed by atoms with E-state index < -0.39 is 16.2 Å². The Hall–Kier alpha value is -3.53. The molecule has 0 unspecified atom stereocenters. The second-order valence-corrected chi connectivity index (χ2v) is 6.24. The molecule has 10 heteroatoms. The van der Waals surface area contributed by atoms with Gasteiger partial charge in [-0.2, -0.15) is 0 Å². The molecule has 0 atom stereocenters. The van der Waals surface area contributed by atoms with Gasteiger partial charge < -0.3 is 15.0 Å². The monoisotopic (exact) mass is 382 g/mol. The fourth-order valence-electron chi connectivity index (χ4n) is 3.17. The van der Waals surface area contributed by atoms with Crippen LogP contribution in [0.25, 0.3) is 5.65 Å². The maximum Gasteiger partial charge on any atom is 0.376 e. The van der Waals surface area contributed by atoms with Crippen molar-refractivity contribution in [3.63, 3.8) is 0 Å². The van der Waals surface area contributed by atoms with E-state index in [-0.39, 0.29) is 12.4 Å². The summed E-state index contributed by atoms with van der Waals surface area (Å²) in [6.07, 6.45) is 3.16. The highest BCUT2D eigenvalue weighted by molar-refractivity contribution is 5.60. The molecule has 4 heterocycles. The number of ether oxygens (including phenoxy) is 1. The first-order chi connectivity index (χ1) is 13.6. The minimum absolute atomic E-state index is 0.0574. The van der Waals surface area contributed by atoms with Crippen molar-refractivity contribution in [1.29, 1.82) is 0 Å². The van der Waals surface area contributed by atoms with Crippen LogP contribution in [0.2, 0.25) is 0 Å². The molecule has 0 aliphatic carbocycles. The molecule has 1 N–H and O–H groups in total. The number of aromatic nitrogens is 3. The van der Waals surface area contributed by atoms with Gasteiger partial charge in [-0.05, 0) is 18.2 Å². The lowest BCUT2D eigenvalue weighted by Crippen LogP contribution is -2.37. The number of nitrogens with zero attached hydrogens (tertiary/aromatic N) is 5. The van der Waals surface area contributed by atoms with E-state index in [1.165, 1.54) is 6.20 Å². The van der Waals surface area contributed by atoms with Gasteiger partial charge in [0.25, 0.3) is 0 Å². The van der Waals surface area contributed by atoms with E-state index >= 15 is 0 Å². The Kier molecular flexibility index (Phi) is 4.85. The lowest BCUT2D eigenvalue weighted by atomic mass is 10.2. The highest BCUT2D eigenvalue weighted by Crippen LogP contribution is 2.22. The Morgan fingerprint density at radius 1 is 1.21 bits per heavy atom. The lowest BCUT2D eigenvalue weighted by Gasteiger charge is -2.29. The van der Waals surface area contributed by atoms with Gasteiger partial charge in [0, 0.05) is 37.6 Å². The Morgan fingerprint density at radius 3 is 2.82 bits per heavy atom. The summed E-state index contributed by atoms with van der Waals surface area (Å²) in [7, 11) is 0. The average molecular weight is 382 g/mol. The normalized spacial score (nSPS) is 14.2.